The fourth-order valence-corrected chi connectivity index (χ4v) is 3.76. The van der Waals surface area contributed by atoms with Gasteiger partial charge in [-0.05, 0) is 18.2 Å². The van der Waals surface area contributed by atoms with E-state index in [0.717, 1.165) is 14.7 Å². The Morgan fingerprint density at radius 3 is 2.54 bits per heavy atom. The molecule has 0 unspecified atom stereocenters. The molecule has 0 aliphatic heterocycles. The van der Waals surface area contributed by atoms with Crippen molar-refractivity contribution in [2.24, 2.45) is 12.0 Å². The number of aryl methyl sites for hydroxylation is 1. The van der Waals surface area contributed by atoms with E-state index in [1.54, 1.807) is 26.4 Å². The number of hydrogen-bond donors (Lipinski definition) is 0. The number of benzene rings is 2. The van der Waals surface area contributed by atoms with Crippen molar-refractivity contribution < 1.29 is 14.3 Å². The normalized spacial score (nSPS) is 11.8. The smallest absolute Gasteiger partial charge is 0.279 e. The first-order valence-corrected chi connectivity index (χ1v) is 8.70. The van der Waals surface area contributed by atoms with Crippen molar-refractivity contribution in [3.8, 4) is 11.5 Å². The third-order valence-corrected chi connectivity index (χ3v) is 5.17. The second kappa shape index (κ2) is 6.78. The SMILES string of the molecule is COc1cc2sc(=NC(=O)c3cccc(Br)c3)n(C)c2cc1OC. The summed E-state index contributed by atoms with van der Waals surface area (Å²) >= 11 is 4.79. The maximum absolute atomic E-state index is 12.4. The third kappa shape index (κ3) is 3.09. The second-order valence-corrected chi connectivity index (χ2v) is 6.97. The molecule has 1 amide bonds. The maximum Gasteiger partial charge on any atom is 0.279 e. The monoisotopic (exact) mass is 406 g/mol. The van der Waals surface area contributed by atoms with Gasteiger partial charge in [0, 0.05) is 29.2 Å². The van der Waals surface area contributed by atoms with Gasteiger partial charge in [0.1, 0.15) is 0 Å². The molecule has 5 nitrogen and oxygen atoms in total. The summed E-state index contributed by atoms with van der Waals surface area (Å²) in [7, 11) is 5.06. The zero-order valence-corrected chi connectivity index (χ0v) is 15.8. The van der Waals surface area contributed by atoms with Crippen LogP contribution in [0.2, 0.25) is 0 Å². The van der Waals surface area contributed by atoms with Crippen molar-refractivity contribution in [3.63, 3.8) is 0 Å². The molecule has 3 rings (SSSR count). The lowest BCUT2D eigenvalue weighted by atomic mass is 10.2. The molecule has 3 aromatic rings. The molecule has 124 valence electrons. The van der Waals surface area contributed by atoms with E-state index in [2.05, 4.69) is 20.9 Å². The molecule has 0 aliphatic rings. The molecule has 0 radical (unpaired) electrons. The Balaban J connectivity index is 2.12. The molecule has 0 saturated heterocycles. The molecule has 7 heteroatoms. The van der Waals surface area contributed by atoms with Crippen molar-refractivity contribution >= 4 is 43.4 Å². The van der Waals surface area contributed by atoms with Gasteiger partial charge in [0.05, 0.1) is 24.4 Å². The van der Waals surface area contributed by atoms with Gasteiger partial charge in [0.2, 0.25) is 0 Å². The Hall–Kier alpha value is -2.12. The second-order valence-electron chi connectivity index (χ2n) is 5.05. The Morgan fingerprint density at radius 2 is 1.88 bits per heavy atom. The number of rotatable bonds is 3. The van der Waals surface area contributed by atoms with E-state index in [1.165, 1.54) is 11.3 Å². The number of thiazole rings is 1. The fourth-order valence-electron chi connectivity index (χ4n) is 2.33. The number of aromatic nitrogens is 1. The predicted octanol–water partition coefficient (Wildman–Crippen LogP) is 3.76. The number of nitrogens with zero attached hydrogens (tertiary/aromatic N) is 2. The molecule has 0 spiro atoms. The molecule has 2 aromatic carbocycles. The maximum atomic E-state index is 12.4. The lowest BCUT2D eigenvalue weighted by Gasteiger charge is -2.07. The van der Waals surface area contributed by atoms with Crippen LogP contribution in [0.4, 0.5) is 0 Å². The van der Waals surface area contributed by atoms with E-state index in [9.17, 15) is 4.79 Å². The van der Waals surface area contributed by atoms with Gasteiger partial charge in [0.15, 0.2) is 16.3 Å². The first kappa shape index (κ1) is 16.7. The summed E-state index contributed by atoms with van der Waals surface area (Å²) in [5.41, 5.74) is 1.47. The lowest BCUT2D eigenvalue weighted by molar-refractivity contribution is 0.0998. The highest BCUT2D eigenvalue weighted by Gasteiger charge is 2.12. The Labute approximate surface area is 151 Å². The van der Waals surface area contributed by atoms with E-state index in [0.29, 0.717) is 21.9 Å². The van der Waals surface area contributed by atoms with Crippen molar-refractivity contribution in [3.05, 3.63) is 51.2 Å². The summed E-state index contributed by atoms with van der Waals surface area (Å²) in [6, 6.07) is 11.0. The molecular weight excluding hydrogens is 392 g/mol. The van der Waals surface area contributed by atoms with Crippen LogP contribution in [-0.4, -0.2) is 24.7 Å². The number of halogens is 1. The average Bonchev–Trinajstić information content (AvgIpc) is 2.88. The van der Waals surface area contributed by atoms with Gasteiger partial charge in [-0.2, -0.15) is 4.99 Å². The molecule has 0 fully saturated rings. The minimum atomic E-state index is -0.280. The van der Waals surface area contributed by atoms with E-state index in [1.807, 2.05) is 35.9 Å². The fraction of sp³-hybridized carbons (Fsp3) is 0.176. The quantitative estimate of drug-likeness (QED) is 0.665. The minimum Gasteiger partial charge on any atom is -0.493 e. The summed E-state index contributed by atoms with van der Waals surface area (Å²) in [5, 5.41) is 0. The van der Waals surface area contributed by atoms with Gasteiger partial charge in [-0.15, -0.1) is 0 Å². The molecule has 24 heavy (non-hydrogen) atoms. The van der Waals surface area contributed by atoms with Crippen molar-refractivity contribution in [2.45, 2.75) is 0 Å². The number of ether oxygens (including phenoxy) is 2. The van der Waals surface area contributed by atoms with E-state index in [-0.39, 0.29) is 5.91 Å². The molecule has 0 aliphatic carbocycles. The van der Waals surface area contributed by atoms with Gasteiger partial charge in [-0.25, -0.2) is 0 Å². The highest BCUT2D eigenvalue weighted by molar-refractivity contribution is 9.10. The molecule has 1 aromatic heterocycles. The number of carbonyl (C=O) groups excluding carboxylic acids is 1. The standard InChI is InChI=1S/C17H15BrN2O3S/c1-20-12-8-13(22-2)14(23-3)9-15(12)24-17(20)19-16(21)10-5-4-6-11(18)7-10/h4-9H,1-3H3. The molecule has 0 atom stereocenters. The molecule has 1 heterocycles. The van der Waals surface area contributed by atoms with Gasteiger partial charge in [0.25, 0.3) is 5.91 Å². The molecule has 0 N–H and O–H groups in total. The predicted molar refractivity (Wildman–Crippen MR) is 97.9 cm³/mol. The van der Waals surface area contributed by atoms with Crippen molar-refractivity contribution in [1.82, 2.24) is 4.57 Å². The van der Waals surface area contributed by atoms with Crippen LogP contribution < -0.4 is 14.3 Å². The van der Waals surface area contributed by atoms with Crippen molar-refractivity contribution in [1.29, 1.82) is 0 Å². The number of carbonyl (C=O) groups is 1. The zero-order valence-electron chi connectivity index (χ0n) is 13.4. The van der Waals surface area contributed by atoms with Crippen molar-refractivity contribution in [2.75, 3.05) is 14.2 Å². The highest BCUT2D eigenvalue weighted by Crippen LogP contribution is 2.33. The Bertz CT molecular complexity index is 991. The molecule has 0 saturated carbocycles. The van der Waals surface area contributed by atoms with E-state index in [4.69, 9.17) is 9.47 Å². The van der Waals surface area contributed by atoms with E-state index < -0.39 is 0 Å². The van der Waals surface area contributed by atoms with Crippen LogP contribution in [0.15, 0.2) is 45.9 Å². The van der Waals surface area contributed by atoms with Crippen LogP contribution >= 0.6 is 27.3 Å². The van der Waals surface area contributed by atoms with Crippen LogP contribution in [0.25, 0.3) is 10.2 Å². The first-order chi connectivity index (χ1) is 11.5. The average molecular weight is 407 g/mol. The highest BCUT2D eigenvalue weighted by atomic mass is 79.9. The Morgan fingerprint density at radius 1 is 1.17 bits per heavy atom. The summed E-state index contributed by atoms with van der Waals surface area (Å²) in [6.45, 7) is 0. The third-order valence-electron chi connectivity index (χ3n) is 3.58. The first-order valence-electron chi connectivity index (χ1n) is 7.09. The van der Waals surface area contributed by atoms with Crippen LogP contribution in [0.3, 0.4) is 0 Å². The van der Waals surface area contributed by atoms with Crippen LogP contribution in [0.5, 0.6) is 11.5 Å². The summed E-state index contributed by atoms with van der Waals surface area (Å²) in [5.74, 6) is 1.01. The minimum absolute atomic E-state index is 0.280. The lowest BCUT2D eigenvalue weighted by Crippen LogP contribution is -2.13. The summed E-state index contributed by atoms with van der Waals surface area (Å²) < 4.78 is 14.3. The topological polar surface area (TPSA) is 52.8 Å². The summed E-state index contributed by atoms with van der Waals surface area (Å²) in [4.78, 5) is 17.3. The molecule has 0 bridgehead atoms. The van der Waals surface area contributed by atoms with Gasteiger partial charge in [-0.3, -0.25) is 4.79 Å². The van der Waals surface area contributed by atoms with E-state index >= 15 is 0 Å². The van der Waals surface area contributed by atoms with Crippen LogP contribution in [0, 0.1) is 0 Å². The van der Waals surface area contributed by atoms with Gasteiger partial charge in [-0.1, -0.05) is 33.3 Å². The van der Waals surface area contributed by atoms with Gasteiger partial charge >= 0.3 is 0 Å². The molecular formula is C17H15BrN2O3S. The largest absolute Gasteiger partial charge is 0.493 e. The summed E-state index contributed by atoms with van der Waals surface area (Å²) in [6.07, 6.45) is 0. The number of fused-ring (bicyclic) bond motifs is 1. The number of amides is 1. The number of methoxy groups -OCH3 is 2. The zero-order chi connectivity index (χ0) is 17.3. The number of hydrogen-bond acceptors (Lipinski definition) is 4. The Kier molecular flexibility index (Phi) is 4.73. The van der Waals surface area contributed by atoms with Crippen LogP contribution in [0.1, 0.15) is 10.4 Å². The van der Waals surface area contributed by atoms with Gasteiger partial charge < -0.3 is 14.0 Å². The van der Waals surface area contributed by atoms with Crippen LogP contribution in [-0.2, 0) is 7.05 Å².